The maximum atomic E-state index is 13.0. The number of ether oxygens (including phenoxy) is 1. The van der Waals surface area contributed by atoms with E-state index in [1.165, 1.54) is 19.1 Å². The van der Waals surface area contributed by atoms with Gasteiger partial charge in [-0.2, -0.15) is 0 Å². The van der Waals surface area contributed by atoms with E-state index >= 15 is 0 Å². The van der Waals surface area contributed by atoms with E-state index in [0.29, 0.717) is 10.0 Å². The molecule has 23 heavy (non-hydrogen) atoms. The molecule has 0 aliphatic heterocycles. The first kappa shape index (κ1) is 17.4. The molecule has 1 amide bonds. The first-order chi connectivity index (χ1) is 10.9. The summed E-state index contributed by atoms with van der Waals surface area (Å²) < 4.78 is 18.7. The van der Waals surface area contributed by atoms with Crippen LogP contribution < -0.4 is 5.32 Å². The fourth-order valence-electron chi connectivity index (χ4n) is 1.73. The van der Waals surface area contributed by atoms with Crippen molar-refractivity contribution >= 4 is 45.1 Å². The van der Waals surface area contributed by atoms with Crippen molar-refractivity contribution in [2.45, 2.75) is 13.0 Å². The summed E-state index contributed by atoms with van der Waals surface area (Å²) in [7, 11) is 0. The Kier molecular flexibility index (Phi) is 5.74. The fraction of sp³-hybridized carbons (Fsp3) is 0.125. The molecule has 1 atom stereocenters. The Morgan fingerprint density at radius 2 is 1.96 bits per heavy atom. The maximum absolute atomic E-state index is 13.0. The fourth-order valence-corrected chi connectivity index (χ4v) is 2.39. The van der Waals surface area contributed by atoms with E-state index in [1.54, 1.807) is 24.3 Å². The Hall–Kier alpha value is -1.92. The van der Waals surface area contributed by atoms with Crippen molar-refractivity contribution in [3.63, 3.8) is 0 Å². The molecule has 0 heterocycles. The molecular weight excluding hydrogens is 389 g/mol. The van der Waals surface area contributed by atoms with Gasteiger partial charge in [-0.25, -0.2) is 9.18 Å². The quantitative estimate of drug-likeness (QED) is 0.773. The summed E-state index contributed by atoms with van der Waals surface area (Å²) in [6.45, 7) is 1.43. The SMILES string of the molecule is C[C@@H](OC(=O)c1ccccc1Br)C(=O)Nc1ccc(F)cc1Cl. The lowest BCUT2D eigenvalue weighted by molar-refractivity contribution is -0.123. The largest absolute Gasteiger partial charge is 0.449 e. The molecule has 2 aromatic carbocycles. The average Bonchev–Trinajstić information content (AvgIpc) is 2.50. The number of hydrogen-bond donors (Lipinski definition) is 1. The molecule has 0 bridgehead atoms. The minimum atomic E-state index is -1.05. The summed E-state index contributed by atoms with van der Waals surface area (Å²) in [4.78, 5) is 24.1. The van der Waals surface area contributed by atoms with Crippen LogP contribution in [0.2, 0.25) is 5.02 Å². The predicted molar refractivity (Wildman–Crippen MR) is 89.1 cm³/mol. The molecule has 2 aromatic rings. The third kappa shape index (κ3) is 4.53. The molecule has 0 saturated heterocycles. The number of carbonyl (C=O) groups is 2. The summed E-state index contributed by atoms with van der Waals surface area (Å²) in [6, 6.07) is 10.3. The van der Waals surface area contributed by atoms with Gasteiger partial charge in [0.25, 0.3) is 5.91 Å². The number of amides is 1. The van der Waals surface area contributed by atoms with Gasteiger partial charge in [0.1, 0.15) is 5.82 Å². The van der Waals surface area contributed by atoms with Gasteiger partial charge < -0.3 is 10.1 Å². The van der Waals surface area contributed by atoms with E-state index in [1.807, 2.05) is 0 Å². The van der Waals surface area contributed by atoms with Crippen LogP contribution in [0.15, 0.2) is 46.9 Å². The van der Waals surface area contributed by atoms with Gasteiger partial charge in [0, 0.05) is 4.47 Å². The van der Waals surface area contributed by atoms with Gasteiger partial charge in [0.2, 0.25) is 0 Å². The van der Waals surface area contributed by atoms with E-state index in [0.717, 1.165) is 6.07 Å². The summed E-state index contributed by atoms with van der Waals surface area (Å²) in [5.74, 6) is -1.72. The molecule has 120 valence electrons. The van der Waals surface area contributed by atoms with Crippen molar-refractivity contribution in [2.24, 2.45) is 0 Å². The number of hydrogen-bond acceptors (Lipinski definition) is 3. The van der Waals surface area contributed by atoms with Crippen molar-refractivity contribution in [1.82, 2.24) is 0 Å². The van der Waals surface area contributed by atoms with Crippen LogP contribution in [0.5, 0.6) is 0 Å². The van der Waals surface area contributed by atoms with Crippen LogP contribution >= 0.6 is 27.5 Å². The highest BCUT2D eigenvalue weighted by Gasteiger charge is 2.21. The van der Waals surface area contributed by atoms with Gasteiger partial charge in [-0.15, -0.1) is 0 Å². The highest BCUT2D eigenvalue weighted by molar-refractivity contribution is 9.10. The molecule has 0 saturated carbocycles. The first-order valence-corrected chi connectivity index (χ1v) is 7.77. The topological polar surface area (TPSA) is 55.4 Å². The lowest BCUT2D eigenvalue weighted by Crippen LogP contribution is -2.30. The van der Waals surface area contributed by atoms with Crippen molar-refractivity contribution in [1.29, 1.82) is 0 Å². The first-order valence-electron chi connectivity index (χ1n) is 6.60. The minimum absolute atomic E-state index is 0.0580. The van der Waals surface area contributed by atoms with Gasteiger partial charge in [-0.3, -0.25) is 4.79 Å². The van der Waals surface area contributed by atoms with E-state index in [4.69, 9.17) is 16.3 Å². The van der Waals surface area contributed by atoms with E-state index in [-0.39, 0.29) is 10.7 Å². The van der Waals surface area contributed by atoms with Crippen molar-refractivity contribution in [3.05, 3.63) is 63.3 Å². The number of anilines is 1. The zero-order valence-electron chi connectivity index (χ0n) is 12.0. The molecule has 0 aromatic heterocycles. The second-order valence-electron chi connectivity index (χ2n) is 4.64. The lowest BCUT2D eigenvalue weighted by atomic mass is 10.2. The molecule has 0 spiro atoms. The zero-order valence-corrected chi connectivity index (χ0v) is 14.3. The summed E-state index contributed by atoms with van der Waals surface area (Å²) in [5.41, 5.74) is 0.550. The van der Waals surface area contributed by atoms with Crippen LogP contribution in [-0.2, 0) is 9.53 Å². The van der Waals surface area contributed by atoms with Crippen molar-refractivity contribution in [3.8, 4) is 0 Å². The molecule has 0 aliphatic rings. The third-order valence-electron chi connectivity index (χ3n) is 2.94. The third-order valence-corrected chi connectivity index (χ3v) is 3.94. The Bertz CT molecular complexity index is 754. The van der Waals surface area contributed by atoms with Crippen LogP contribution in [0.4, 0.5) is 10.1 Å². The summed E-state index contributed by atoms with van der Waals surface area (Å²) >= 11 is 9.07. The Labute approximate surface area is 145 Å². The standard InChI is InChI=1S/C16H12BrClFNO3/c1-9(23-16(22)11-4-2-3-5-12(11)17)15(21)20-14-7-6-10(19)8-13(14)18/h2-9H,1H3,(H,20,21)/t9-/m1/s1. The lowest BCUT2D eigenvalue weighted by Gasteiger charge is -2.14. The van der Waals surface area contributed by atoms with E-state index in [9.17, 15) is 14.0 Å². The molecule has 7 heteroatoms. The van der Waals surface area contributed by atoms with Crippen LogP contribution in [-0.4, -0.2) is 18.0 Å². The van der Waals surface area contributed by atoms with Crippen molar-refractivity contribution in [2.75, 3.05) is 5.32 Å². The van der Waals surface area contributed by atoms with Gasteiger partial charge in [0.05, 0.1) is 16.3 Å². The monoisotopic (exact) mass is 399 g/mol. The highest BCUT2D eigenvalue weighted by atomic mass is 79.9. The van der Waals surface area contributed by atoms with Gasteiger partial charge in [-0.05, 0) is 53.2 Å². The second-order valence-corrected chi connectivity index (χ2v) is 5.90. The summed E-state index contributed by atoms with van der Waals surface area (Å²) in [5, 5.41) is 2.54. The summed E-state index contributed by atoms with van der Waals surface area (Å²) in [6.07, 6.45) is -1.05. The van der Waals surface area contributed by atoms with E-state index in [2.05, 4.69) is 21.2 Å². The van der Waals surface area contributed by atoms with Gasteiger partial charge in [-0.1, -0.05) is 23.7 Å². The number of esters is 1. The maximum Gasteiger partial charge on any atom is 0.340 e. The molecule has 0 aliphatic carbocycles. The molecule has 0 unspecified atom stereocenters. The smallest absolute Gasteiger partial charge is 0.340 e. The van der Waals surface area contributed by atoms with Crippen LogP contribution in [0, 0.1) is 5.82 Å². The average molecular weight is 401 g/mol. The Morgan fingerprint density at radius 1 is 1.26 bits per heavy atom. The van der Waals surface area contributed by atoms with Gasteiger partial charge >= 0.3 is 5.97 Å². The van der Waals surface area contributed by atoms with Gasteiger partial charge in [0.15, 0.2) is 6.10 Å². The molecule has 0 fully saturated rings. The molecular formula is C16H12BrClFNO3. The number of carbonyl (C=O) groups excluding carboxylic acids is 2. The molecule has 0 radical (unpaired) electrons. The minimum Gasteiger partial charge on any atom is -0.449 e. The van der Waals surface area contributed by atoms with Crippen LogP contribution in [0.25, 0.3) is 0 Å². The normalized spacial score (nSPS) is 11.7. The molecule has 1 N–H and O–H groups in total. The number of rotatable bonds is 4. The number of halogens is 3. The highest BCUT2D eigenvalue weighted by Crippen LogP contribution is 2.23. The number of nitrogens with one attached hydrogen (secondary N) is 1. The zero-order chi connectivity index (χ0) is 17.0. The Balaban J connectivity index is 2.03. The van der Waals surface area contributed by atoms with Crippen molar-refractivity contribution < 1.29 is 18.7 Å². The predicted octanol–water partition coefficient (Wildman–Crippen LogP) is 4.43. The van der Waals surface area contributed by atoms with Crippen LogP contribution in [0.1, 0.15) is 17.3 Å². The van der Waals surface area contributed by atoms with Crippen LogP contribution in [0.3, 0.4) is 0 Å². The second kappa shape index (κ2) is 7.57. The number of benzene rings is 2. The molecule has 2 rings (SSSR count). The molecule has 4 nitrogen and oxygen atoms in total. The van der Waals surface area contributed by atoms with E-state index < -0.39 is 23.8 Å². The Morgan fingerprint density at radius 3 is 2.61 bits per heavy atom.